The molecule has 1 aromatic heterocycles. The number of hydrogen-bond acceptors (Lipinski definition) is 2. The Morgan fingerprint density at radius 2 is 1.54 bits per heavy atom. The predicted octanol–water partition coefficient (Wildman–Crippen LogP) is 6.53. The van der Waals surface area contributed by atoms with Crippen molar-refractivity contribution in [2.24, 2.45) is 0 Å². The van der Waals surface area contributed by atoms with E-state index in [1.165, 1.54) is 21.7 Å². The first-order valence-corrected chi connectivity index (χ1v) is 8.82. The molecule has 0 radical (unpaired) electrons. The number of aryl methyl sites for hydroxylation is 1. The highest BCUT2D eigenvalue weighted by Crippen LogP contribution is 2.43. The minimum Gasteiger partial charge on any atom is -0.599 e. The molecule has 128 valence electrons. The Balaban J connectivity index is 2.01. The van der Waals surface area contributed by atoms with Crippen LogP contribution >= 0.6 is 0 Å². The number of para-hydroxylation sites is 1. The van der Waals surface area contributed by atoms with Gasteiger partial charge < -0.3 is 14.9 Å². The van der Waals surface area contributed by atoms with Crippen LogP contribution in [0.5, 0.6) is 0 Å². The summed E-state index contributed by atoms with van der Waals surface area (Å²) in [6.45, 7) is 4.18. The Bertz CT molecular complexity index is 1240. The lowest BCUT2D eigenvalue weighted by Crippen LogP contribution is -2.15. The third kappa shape index (κ3) is 2.00. The fourth-order valence-electron chi connectivity index (χ4n) is 4.01. The molecule has 0 aliphatic carbocycles. The van der Waals surface area contributed by atoms with Gasteiger partial charge >= 0.3 is 0 Å². The van der Waals surface area contributed by atoms with Crippen LogP contribution in [0.25, 0.3) is 43.8 Å². The lowest BCUT2D eigenvalue weighted by atomic mass is 9.93. The summed E-state index contributed by atoms with van der Waals surface area (Å²) in [5, 5.41) is 6.76. The summed E-state index contributed by atoms with van der Waals surface area (Å²) in [4.78, 5) is 0. The summed E-state index contributed by atoms with van der Waals surface area (Å²) in [5.74, 6) is 0. The van der Waals surface area contributed by atoms with E-state index in [1.807, 2.05) is 31.1 Å². The lowest BCUT2D eigenvalue weighted by Gasteiger charge is -2.42. The Morgan fingerprint density at radius 3 is 2.31 bits per heavy atom. The molecule has 0 fully saturated rings. The minimum absolute atomic E-state index is 0.919. The van der Waals surface area contributed by atoms with Crippen molar-refractivity contribution in [3.05, 3.63) is 82.9 Å². The number of allylic oxidation sites excluding steroid dienone is 3. The van der Waals surface area contributed by atoms with Crippen LogP contribution in [0.1, 0.15) is 18.1 Å². The van der Waals surface area contributed by atoms with Gasteiger partial charge in [-0.1, -0.05) is 55.5 Å². The molecule has 0 spiro atoms. The molecule has 3 heteroatoms. The van der Waals surface area contributed by atoms with Gasteiger partial charge in [0.2, 0.25) is 0 Å². The predicted molar refractivity (Wildman–Crippen MR) is 109 cm³/mol. The van der Waals surface area contributed by atoms with Gasteiger partial charge in [-0.15, -0.1) is 0 Å². The first-order chi connectivity index (χ1) is 12.6. The zero-order valence-electron chi connectivity index (χ0n) is 15.1. The molecule has 2 heterocycles. The van der Waals surface area contributed by atoms with E-state index in [9.17, 15) is 0 Å². The molecule has 26 heavy (non-hydrogen) atoms. The number of rotatable bonds is 1. The molecule has 0 unspecified atom stereocenters. The molecule has 0 saturated carbocycles. The molecular weight excluding hydrogens is 320 g/mol. The smallest absolute Gasteiger partial charge is 0.145 e. The number of hydrogen-bond donors (Lipinski definition) is 0. The van der Waals surface area contributed by atoms with Gasteiger partial charge in [0.15, 0.2) is 0 Å². The fourth-order valence-corrected chi connectivity index (χ4v) is 4.01. The molecule has 0 bridgehead atoms. The van der Waals surface area contributed by atoms with Crippen LogP contribution in [0, 0.1) is 6.92 Å². The van der Waals surface area contributed by atoms with Crippen LogP contribution in [0.2, 0.25) is 0 Å². The molecule has 0 amide bonds. The SMILES string of the molecule is CC1=CC=C(c2c(C)c3ccccc3c3c2oc2ccccc23)N(C)[N-]1. The quantitative estimate of drug-likeness (QED) is 0.395. The maximum absolute atomic E-state index is 6.37. The summed E-state index contributed by atoms with van der Waals surface area (Å²) >= 11 is 0. The van der Waals surface area contributed by atoms with E-state index in [-0.39, 0.29) is 0 Å². The van der Waals surface area contributed by atoms with Crippen LogP contribution in [0.15, 0.2) is 70.8 Å². The molecule has 1 aliphatic heterocycles. The van der Waals surface area contributed by atoms with Crippen LogP contribution in [-0.2, 0) is 0 Å². The topological polar surface area (TPSA) is 30.5 Å². The minimum atomic E-state index is 0.919. The summed E-state index contributed by atoms with van der Waals surface area (Å²) < 4.78 is 6.37. The molecule has 0 atom stereocenters. The average molecular weight is 339 g/mol. The molecule has 1 aliphatic rings. The Labute approximate surface area is 152 Å². The maximum Gasteiger partial charge on any atom is 0.145 e. The fraction of sp³-hybridized carbons (Fsp3) is 0.130. The average Bonchev–Trinajstić information content (AvgIpc) is 3.03. The second-order valence-corrected chi connectivity index (χ2v) is 6.83. The van der Waals surface area contributed by atoms with Gasteiger partial charge in [-0.2, -0.15) is 5.70 Å². The molecule has 3 aromatic carbocycles. The first kappa shape index (κ1) is 15.1. The lowest BCUT2D eigenvalue weighted by molar-refractivity contribution is 0.601. The van der Waals surface area contributed by atoms with Crippen molar-refractivity contribution in [2.45, 2.75) is 13.8 Å². The highest BCUT2D eigenvalue weighted by atomic mass is 16.3. The van der Waals surface area contributed by atoms with Gasteiger partial charge in [-0.3, -0.25) is 0 Å². The van der Waals surface area contributed by atoms with Gasteiger partial charge in [0.25, 0.3) is 0 Å². The maximum atomic E-state index is 6.37. The number of benzene rings is 3. The van der Waals surface area contributed by atoms with Crippen molar-refractivity contribution in [2.75, 3.05) is 7.05 Å². The van der Waals surface area contributed by atoms with Crippen molar-refractivity contribution < 1.29 is 4.42 Å². The van der Waals surface area contributed by atoms with Crippen molar-refractivity contribution in [1.29, 1.82) is 0 Å². The van der Waals surface area contributed by atoms with E-state index in [1.54, 1.807) is 0 Å². The monoisotopic (exact) mass is 339 g/mol. The van der Waals surface area contributed by atoms with E-state index in [4.69, 9.17) is 4.42 Å². The second-order valence-electron chi connectivity index (χ2n) is 6.83. The van der Waals surface area contributed by atoms with Crippen molar-refractivity contribution >= 4 is 38.4 Å². The first-order valence-electron chi connectivity index (χ1n) is 8.82. The zero-order chi connectivity index (χ0) is 17.8. The van der Waals surface area contributed by atoms with Gasteiger partial charge in [0.05, 0.1) is 0 Å². The van der Waals surface area contributed by atoms with E-state index >= 15 is 0 Å². The number of furan rings is 1. The summed E-state index contributed by atoms with van der Waals surface area (Å²) in [6, 6.07) is 16.8. The van der Waals surface area contributed by atoms with Crippen molar-refractivity contribution in [3.63, 3.8) is 0 Å². The van der Waals surface area contributed by atoms with Gasteiger partial charge in [-0.05, 0) is 42.4 Å². The van der Waals surface area contributed by atoms with Crippen molar-refractivity contribution in [3.8, 4) is 0 Å². The molecule has 3 nitrogen and oxygen atoms in total. The molecule has 0 N–H and O–H groups in total. The van der Waals surface area contributed by atoms with E-state index in [2.05, 4.69) is 60.9 Å². The van der Waals surface area contributed by atoms with Crippen molar-refractivity contribution in [1.82, 2.24) is 5.01 Å². The van der Waals surface area contributed by atoms with Crippen LogP contribution in [0.3, 0.4) is 0 Å². The number of fused-ring (bicyclic) bond motifs is 5. The van der Waals surface area contributed by atoms with Crippen LogP contribution < -0.4 is 0 Å². The van der Waals surface area contributed by atoms with E-state index in [0.29, 0.717) is 0 Å². The van der Waals surface area contributed by atoms with Crippen LogP contribution in [-0.4, -0.2) is 12.1 Å². The Hall–Kier alpha value is -3.20. The standard InChI is InChI=1S/C23H19N2O/c1-14-12-13-19(25(3)24-14)21-15(2)16-8-4-5-9-17(16)22-18-10-6-7-11-20(18)26-23(21)22/h4-13H,1-3H3/q-1. The highest BCUT2D eigenvalue weighted by molar-refractivity contribution is 6.22. The summed E-state index contributed by atoms with van der Waals surface area (Å²) in [6.07, 6.45) is 4.19. The number of nitrogens with zero attached hydrogens (tertiary/aromatic N) is 2. The Morgan fingerprint density at radius 1 is 0.846 bits per heavy atom. The van der Waals surface area contributed by atoms with E-state index < -0.39 is 0 Å². The van der Waals surface area contributed by atoms with Gasteiger partial charge in [-0.25, -0.2) is 0 Å². The summed E-state index contributed by atoms with van der Waals surface area (Å²) in [5.41, 5.74) is 10.8. The highest BCUT2D eigenvalue weighted by Gasteiger charge is 2.21. The largest absolute Gasteiger partial charge is 0.599 e. The second kappa shape index (κ2) is 5.40. The third-order valence-electron chi connectivity index (χ3n) is 5.19. The zero-order valence-corrected chi connectivity index (χ0v) is 15.1. The molecule has 4 aromatic rings. The Kier molecular flexibility index (Phi) is 3.13. The van der Waals surface area contributed by atoms with E-state index in [0.717, 1.165) is 33.5 Å². The molecule has 0 saturated heterocycles. The normalized spacial score (nSPS) is 14.7. The van der Waals surface area contributed by atoms with Gasteiger partial charge in [0.1, 0.15) is 11.2 Å². The summed E-state index contributed by atoms with van der Waals surface area (Å²) in [7, 11) is 1.99. The molecular formula is C23H19N2O-. The van der Waals surface area contributed by atoms with Crippen LogP contribution in [0.4, 0.5) is 0 Å². The van der Waals surface area contributed by atoms with Gasteiger partial charge in [0, 0.05) is 22.0 Å². The third-order valence-corrected chi connectivity index (χ3v) is 5.19. The molecule has 5 rings (SSSR count).